The van der Waals surface area contributed by atoms with Crippen molar-refractivity contribution in [1.82, 2.24) is 0 Å². The molecule has 10 aromatic carbocycles. The Balaban J connectivity index is 0.000000154. The van der Waals surface area contributed by atoms with Gasteiger partial charge in [-0.15, -0.1) is 0 Å². The predicted octanol–water partition coefficient (Wildman–Crippen LogP) is 20.2. The first-order chi connectivity index (χ1) is 33.6. The van der Waals surface area contributed by atoms with Crippen LogP contribution in [0.2, 0.25) is 0 Å². The molecule has 10 aromatic rings. The molecule has 0 aliphatic heterocycles. The maximum atomic E-state index is 3.88. The van der Waals surface area contributed by atoms with Crippen molar-refractivity contribution in [3.8, 4) is 44.5 Å². The van der Waals surface area contributed by atoms with E-state index in [0.717, 1.165) is 6.42 Å². The Morgan fingerprint density at radius 1 is 0.362 bits per heavy atom. The van der Waals surface area contributed by atoms with Crippen LogP contribution in [0.3, 0.4) is 0 Å². The van der Waals surface area contributed by atoms with Crippen LogP contribution in [0.5, 0.6) is 0 Å². The summed E-state index contributed by atoms with van der Waals surface area (Å²) in [5.41, 5.74) is 21.0. The molecule has 0 aliphatic rings. The summed E-state index contributed by atoms with van der Waals surface area (Å²) in [4.78, 5) is 0. The Kier molecular flexibility index (Phi) is 18.8. The molecule has 0 aliphatic carbocycles. The van der Waals surface area contributed by atoms with Gasteiger partial charge in [0.25, 0.3) is 0 Å². The summed E-state index contributed by atoms with van der Waals surface area (Å²) in [6.45, 7) is 23.0. The lowest BCUT2D eigenvalue weighted by atomic mass is 9.86. The molecule has 0 fully saturated rings. The topological polar surface area (TPSA) is 0 Å². The van der Waals surface area contributed by atoms with E-state index in [0.29, 0.717) is 0 Å². The molecule has 0 amide bonds. The molecule has 10 rings (SSSR count). The zero-order valence-electron chi connectivity index (χ0n) is 42.5. The molecule has 346 valence electrons. The lowest BCUT2D eigenvalue weighted by molar-refractivity contribution is 0.924. The Labute approximate surface area is 414 Å². The van der Waals surface area contributed by atoms with Crippen LogP contribution in [0.15, 0.2) is 225 Å². The second kappa shape index (κ2) is 25.6. The summed E-state index contributed by atoms with van der Waals surface area (Å²) in [5, 5.41) is 5.41. The van der Waals surface area contributed by atoms with Crippen molar-refractivity contribution in [3.63, 3.8) is 0 Å². The molecule has 0 aromatic heterocycles. The number of benzene rings is 10. The summed E-state index contributed by atoms with van der Waals surface area (Å²) in [6, 6.07) is 77.7. The first-order valence-corrected chi connectivity index (χ1v) is 24.7. The second-order valence-corrected chi connectivity index (χ2v) is 17.6. The average Bonchev–Trinajstić information content (AvgIpc) is 3.39. The van der Waals surface area contributed by atoms with Crippen molar-refractivity contribution in [2.24, 2.45) is 0 Å². The van der Waals surface area contributed by atoms with E-state index in [1.54, 1.807) is 0 Å². The van der Waals surface area contributed by atoms with E-state index in [9.17, 15) is 0 Å². The van der Waals surface area contributed by atoms with Crippen LogP contribution >= 0.6 is 0 Å². The number of hydrogen-bond acceptors (Lipinski definition) is 0. The molecule has 0 saturated heterocycles. The van der Waals surface area contributed by atoms with Gasteiger partial charge in [0, 0.05) is 0 Å². The van der Waals surface area contributed by atoms with Crippen LogP contribution in [0.4, 0.5) is 0 Å². The minimum absolute atomic E-state index is 1.12. The van der Waals surface area contributed by atoms with Crippen LogP contribution < -0.4 is 0 Å². The van der Waals surface area contributed by atoms with Crippen molar-refractivity contribution >= 4 is 27.6 Å². The largest absolute Gasteiger partial charge is 0.0984 e. The number of aryl methyl sites for hydroxylation is 7. The maximum absolute atomic E-state index is 3.88. The summed E-state index contributed by atoms with van der Waals surface area (Å²) in [6.07, 6.45) is 4.21. The second-order valence-electron chi connectivity index (χ2n) is 17.6. The van der Waals surface area contributed by atoms with Gasteiger partial charge in [0.2, 0.25) is 0 Å². The lowest BCUT2D eigenvalue weighted by Gasteiger charge is -2.18. The van der Waals surface area contributed by atoms with E-state index in [1.807, 2.05) is 26.0 Å². The predicted molar refractivity (Wildman–Crippen MR) is 306 cm³/mol. The van der Waals surface area contributed by atoms with Gasteiger partial charge >= 0.3 is 0 Å². The number of rotatable bonds is 7. The highest BCUT2D eigenvalue weighted by Gasteiger charge is 2.15. The van der Waals surface area contributed by atoms with Gasteiger partial charge in [-0.3, -0.25) is 0 Å². The molecule has 0 heteroatoms. The van der Waals surface area contributed by atoms with Crippen LogP contribution in [-0.2, 0) is 6.42 Å². The smallest absolute Gasteiger partial charge is 0.00669 e. The molecule has 0 heterocycles. The molecule has 0 spiro atoms. The van der Waals surface area contributed by atoms with Gasteiger partial charge in [0.1, 0.15) is 0 Å². The van der Waals surface area contributed by atoms with Crippen LogP contribution in [0.25, 0.3) is 72.1 Å². The third-order valence-electron chi connectivity index (χ3n) is 12.5. The number of fused-ring (bicyclic) bond motifs is 3. The minimum atomic E-state index is 1.12. The van der Waals surface area contributed by atoms with Crippen molar-refractivity contribution in [1.29, 1.82) is 0 Å². The minimum Gasteiger partial charge on any atom is -0.0984 e. The molecule has 0 bridgehead atoms. The zero-order valence-corrected chi connectivity index (χ0v) is 42.5. The third-order valence-corrected chi connectivity index (χ3v) is 12.5. The highest BCUT2D eigenvalue weighted by Crippen LogP contribution is 2.40. The molecule has 0 nitrogen and oxygen atoms in total. The molecular formula is C69H70. The van der Waals surface area contributed by atoms with Crippen LogP contribution in [0, 0.1) is 41.5 Å². The highest BCUT2D eigenvalue weighted by atomic mass is 14.2. The third kappa shape index (κ3) is 13.3. The molecule has 0 N–H and O–H groups in total. The van der Waals surface area contributed by atoms with Gasteiger partial charge in [-0.05, 0) is 136 Å². The van der Waals surface area contributed by atoms with Crippen molar-refractivity contribution < 1.29 is 0 Å². The summed E-state index contributed by atoms with van der Waals surface area (Å²) in [5.74, 6) is 0. The van der Waals surface area contributed by atoms with Gasteiger partial charge in [-0.2, -0.15) is 0 Å². The van der Waals surface area contributed by atoms with Crippen LogP contribution in [-0.4, -0.2) is 0 Å². The standard InChI is InChI=1S/C24H22.C16H16.C14H14.C13H12.C2H6/c1-3-10-18-11-4-5-13-20(18)24-17(2)19-12-6-7-14-21(19)22-15-8-9-16-23(22)24;1-4-14-10-9-12(2)11-16(14)15-8-6-5-7-13(15)3;1-11-3-7-13(8-4-11)14-9-5-12(2)6-10-14;1-11-7-9-13(10-8-11)12-5-3-2-4-6-12;1-2/h4-9,11-16H,3,10H2,1-2H3;4-11H,1H2,2-3H3;3-10H,1-2H3;2-10H,1H3;1-2H3. The van der Waals surface area contributed by atoms with E-state index in [-0.39, 0.29) is 0 Å². The van der Waals surface area contributed by atoms with E-state index in [2.05, 4.69) is 267 Å². The van der Waals surface area contributed by atoms with Crippen molar-refractivity contribution in [3.05, 3.63) is 269 Å². The lowest BCUT2D eigenvalue weighted by Crippen LogP contribution is -1.94. The Morgan fingerprint density at radius 3 is 1.28 bits per heavy atom. The Hall–Kier alpha value is -7.54. The van der Waals surface area contributed by atoms with Crippen LogP contribution in [0.1, 0.15) is 71.7 Å². The number of hydrogen-bond donors (Lipinski definition) is 0. The SMILES string of the molecule is C=Cc1ccc(C)cc1-c1ccccc1C.CC.CCCc1ccccc1-c1c(C)c2ccccc2c2ccccc12.Cc1ccc(-c2ccc(C)cc2)cc1.Cc1ccc(-c2ccccc2)cc1. The van der Waals surface area contributed by atoms with Crippen molar-refractivity contribution in [2.75, 3.05) is 0 Å². The first kappa shape index (κ1) is 50.9. The fraction of sp³-hybridized carbons (Fsp3) is 0.159. The van der Waals surface area contributed by atoms with Gasteiger partial charge in [0.15, 0.2) is 0 Å². The fourth-order valence-electron chi connectivity index (χ4n) is 8.74. The fourth-order valence-corrected chi connectivity index (χ4v) is 8.74. The zero-order chi connectivity index (χ0) is 49.1. The van der Waals surface area contributed by atoms with E-state index < -0.39 is 0 Å². The van der Waals surface area contributed by atoms with Gasteiger partial charge < -0.3 is 0 Å². The van der Waals surface area contributed by atoms with Gasteiger partial charge in [-0.1, -0.05) is 280 Å². The van der Waals surface area contributed by atoms with E-state index >= 15 is 0 Å². The average molecular weight is 899 g/mol. The highest BCUT2D eigenvalue weighted by molar-refractivity contribution is 6.16. The molecule has 0 unspecified atom stereocenters. The van der Waals surface area contributed by atoms with Gasteiger partial charge in [0.05, 0.1) is 0 Å². The molecule has 69 heavy (non-hydrogen) atoms. The normalized spacial score (nSPS) is 10.3. The quantitative estimate of drug-likeness (QED) is 0.140. The summed E-state index contributed by atoms with van der Waals surface area (Å²) in [7, 11) is 0. The first-order valence-electron chi connectivity index (χ1n) is 24.7. The molecular weight excluding hydrogens is 829 g/mol. The molecule has 0 atom stereocenters. The monoisotopic (exact) mass is 899 g/mol. The van der Waals surface area contributed by atoms with Gasteiger partial charge in [-0.25, -0.2) is 0 Å². The summed E-state index contributed by atoms with van der Waals surface area (Å²) < 4.78 is 0. The maximum Gasteiger partial charge on any atom is -0.00669 e. The van der Waals surface area contributed by atoms with E-state index in [1.165, 1.54) is 117 Å². The molecule has 0 saturated carbocycles. The van der Waals surface area contributed by atoms with Crippen molar-refractivity contribution in [2.45, 2.75) is 75.2 Å². The Morgan fingerprint density at radius 2 is 0.768 bits per heavy atom. The Bertz CT molecular complexity index is 3120. The summed E-state index contributed by atoms with van der Waals surface area (Å²) >= 11 is 0. The van der Waals surface area contributed by atoms with E-state index in [4.69, 9.17) is 0 Å². The molecule has 0 radical (unpaired) electrons.